The third-order valence-electron chi connectivity index (χ3n) is 2.93. The van der Waals surface area contributed by atoms with E-state index in [4.69, 9.17) is 16.7 Å². The van der Waals surface area contributed by atoms with Crippen molar-refractivity contribution >= 4 is 35.4 Å². The van der Waals surface area contributed by atoms with Crippen molar-refractivity contribution in [3.63, 3.8) is 0 Å². The summed E-state index contributed by atoms with van der Waals surface area (Å²) in [4.78, 5) is 22.9. The molecule has 0 aromatic heterocycles. The summed E-state index contributed by atoms with van der Waals surface area (Å²) in [6.45, 7) is 1.82. The Morgan fingerprint density at radius 2 is 1.90 bits per heavy atom. The van der Waals surface area contributed by atoms with Gasteiger partial charge >= 0.3 is 12.0 Å². The lowest BCUT2D eigenvalue weighted by Gasteiger charge is -2.18. The van der Waals surface area contributed by atoms with Gasteiger partial charge in [-0.05, 0) is 43.0 Å². The first-order chi connectivity index (χ1) is 9.93. The van der Waals surface area contributed by atoms with Gasteiger partial charge in [-0.1, -0.05) is 23.7 Å². The third kappa shape index (κ3) is 6.27. The SMILES string of the molecule is CSCC[C@@H](NC(=O)NC(C)c1ccc(Cl)cc1)C(=O)O. The lowest BCUT2D eigenvalue weighted by atomic mass is 10.1. The highest BCUT2D eigenvalue weighted by Gasteiger charge is 2.20. The molecule has 0 aliphatic heterocycles. The van der Waals surface area contributed by atoms with E-state index in [-0.39, 0.29) is 6.04 Å². The van der Waals surface area contributed by atoms with Crippen LogP contribution < -0.4 is 10.6 Å². The van der Waals surface area contributed by atoms with Crippen molar-refractivity contribution in [2.75, 3.05) is 12.0 Å². The van der Waals surface area contributed by atoms with Gasteiger partial charge in [-0.3, -0.25) is 0 Å². The third-order valence-corrected chi connectivity index (χ3v) is 3.83. The number of aliphatic carboxylic acids is 1. The monoisotopic (exact) mass is 330 g/mol. The molecule has 21 heavy (non-hydrogen) atoms. The summed E-state index contributed by atoms with van der Waals surface area (Å²) >= 11 is 7.35. The molecule has 0 spiro atoms. The molecule has 0 aliphatic carbocycles. The van der Waals surface area contributed by atoms with Crippen LogP contribution in [0.25, 0.3) is 0 Å². The van der Waals surface area contributed by atoms with Crippen LogP contribution >= 0.6 is 23.4 Å². The molecule has 2 amide bonds. The quantitative estimate of drug-likeness (QED) is 0.718. The first-order valence-electron chi connectivity index (χ1n) is 6.48. The fourth-order valence-corrected chi connectivity index (χ4v) is 2.32. The highest BCUT2D eigenvalue weighted by atomic mass is 35.5. The van der Waals surface area contributed by atoms with Crippen LogP contribution in [0.5, 0.6) is 0 Å². The molecule has 3 N–H and O–H groups in total. The molecule has 1 rings (SSSR count). The van der Waals surface area contributed by atoms with Crippen molar-refractivity contribution in [1.82, 2.24) is 10.6 Å². The maximum atomic E-state index is 11.9. The van der Waals surface area contributed by atoms with Crippen molar-refractivity contribution in [3.05, 3.63) is 34.9 Å². The zero-order valence-electron chi connectivity index (χ0n) is 11.9. The lowest BCUT2D eigenvalue weighted by molar-refractivity contribution is -0.139. The summed E-state index contributed by atoms with van der Waals surface area (Å²) in [6, 6.07) is 5.50. The number of carboxylic acids is 1. The highest BCUT2D eigenvalue weighted by molar-refractivity contribution is 7.98. The van der Waals surface area contributed by atoms with Gasteiger partial charge in [0.05, 0.1) is 6.04 Å². The standard InChI is InChI=1S/C14H19ClN2O3S/c1-9(10-3-5-11(15)6-4-10)16-14(20)17-12(13(18)19)7-8-21-2/h3-6,9,12H,7-8H2,1-2H3,(H,18,19)(H2,16,17,20)/t9?,12-/m1/s1. The van der Waals surface area contributed by atoms with Gasteiger partial charge in [0.15, 0.2) is 0 Å². The molecule has 0 aliphatic rings. The number of hydrogen-bond donors (Lipinski definition) is 3. The van der Waals surface area contributed by atoms with Crippen LogP contribution in [0.1, 0.15) is 24.9 Å². The molecule has 0 saturated carbocycles. The molecule has 5 nitrogen and oxygen atoms in total. The van der Waals surface area contributed by atoms with Gasteiger partial charge in [0.2, 0.25) is 0 Å². The largest absolute Gasteiger partial charge is 0.480 e. The van der Waals surface area contributed by atoms with Crippen molar-refractivity contribution in [2.45, 2.75) is 25.4 Å². The minimum atomic E-state index is -1.03. The van der Waals surface area contributed by atoms with Gasteiger partial charge in [-0.15, -0.1) is 0 Å². The molecule has 1 aromatic rings. The average molecular weight is 331 g/mol. The predicted octanol–water partition coefficient (Wildman–Crippen LogP) is 2.91. The van der Waals surface area contributed by atoms with Gasteiger partial charge in [-0.2, -0.15) is 11.8 Å². The van der Waals surface area contributed by atoms with Gasteiger partial charge < -0.3 is 15.7 Å². The molecular weight excluding hydrogens is 312 g/mol. The number of nitrogens with one attached hydrogen (secondary N) is 2. The summed E-state index contributed by atoms with van der Waals surface area (Å²) < 4.78 is 0. The number of rotatable bonds is 7. The van der Waals surface area contributed by atoms with E-state index in [2.05, 4.69) is 10.6 Å². The molecule has 0 heterocycles. The van der Waals surface area contributed by atoms with E-state index in [0.29, 0.717) is 17.2 Å². The summed E-state index contributed by atoms with van der Waals surface area (Å²) in [5.74, 6) is -0.359. The number of benzene rings is 1. The van der Waals surface area contributed by atoms with Crippen LogP contribution in [0.3, 0.4) is 0 Å². The fraction of sp³-hybridized carbons (Fsp3) is 0.429. The van der Waals surface area contributed by atoms with Gasteiger partial charge in [0.1, 0.15) is 6.04 Å². The van der Waals surface area contributed by atoms with Crippen molar-refractivity contribution < 1.29 is 14.7 Å². The van der Waals surface area contributed by atoms with Crippen LogP contribution in [-0.4, -0.2) is 35.2 Å². The Bertz CT molecular complexity index is 482. The zero-order chi connectivity index (χ0) is 15.8. The van der Waals surface area contributed by atoms with E-state index in [1.54, 1.807) is 12.1 Å². The molecule has 2 atom stereocenters. The zero-order valence-corrected chi connectivity index (χ0v) is 13.5. The number of urea groups is 1. The number of hydrogen-bond acceptors (Lipinski definition) is 3. The van der Waals surface area contributed by atoms with Crippen LogP contribution in [0.2, 0.25) is 5.02 Å². The fourth-order valence-electron chi connectivity index (χ4n) is 1.72. The van der Waals surface area contributed by atoms with Crippen molar-refractivity contribution in [2.24, 2.45) is 0 Å². The van der Waals surface area contributed by atoms with Crippen LogP contribution in [-0.2, 0) is 4.79 Å². The number of carbonyl (C=O) groups excluding carboxylic acids is 1. The molecule has 1 aromatic carbocycles. The maximum absolute atomic E-state index is 11.9. The number of carboxylic acid groups (broad SMARTS) is 1. The van der Waals surface area contributed by atoms with E-state index >= 15 is 0 Å². The van der Waals surface area contributed by atoms with E-state index in [1.165, 1.54) is 11.8 Å². The van der Waals surface area contributed by atoms with Gasteiger partial charge in [0, 0.05) is 5.02 Å². The molecule has 0 saturated heterocycles. The molecule has 1 unspecified atom stereocenters. The minimum absolute atomic E-state index is 0.239. The first kappa shape index (κ1) is 17.7. The van der Waals surface area contributed by atoms with Crippen LogP contribution in [0.4, 0.5) is 4.79 Å². The molecule has 0 fully saturated rings. The highest BCUT2D eigenvalue weighted by Crippen LogP contribution is 2.15. The second-order valence-corrected chi connectivity index (χ2v) is 5.99. The van der Waals surface area contributed by atoms with Gasteiger partial charge in [-0.25, -0.2) is 9.59 Å². The number of halogens is 1. The first-order valence-corrected chi connectivity index (χ1v) is 8.25. The Kier molecular flexibility index (Phi) is 7.39. The summed E-state index contributed by atoms with van der Waals surface area (Å²) in [5, 5.41) is 14.9. The van der Waals surface area contributed by atoms with E-state index in [9.17, 15) is 9.59 Å². The molecular formula is C14H19ClN2O3S. The number of carbonyl (C=O) groups is 2. The molecule has 0 bridgehead atoms. The van der Waals surface area contributed by atoms with Crippen molar-refractivity contribution in [1.29, 1.82) is 0 Å². The second-order valence-electron chi connectivity index (χ2n) is 4.56. The molecule has 7 heteroatoms. The van der Waals surface area contributed by atoms with Crippen LogP contribution in [0, 0.1) is 0 Å². The Morgan fingerprint density at radius 1 is 1.29 bits per heavy atom. The predicted molar refractivity (Wildman–Crippen MR) is 86.0 cm³/mol. The summed E-state index contributed by atoms with van der Waals surface area (Å²) in [6.07, 6.45) is 2.28. The number of amides is 2. The summed E-state index contributed by atoms with van der Waals surface area (Å²) in [5.41, 5.74) is 0.894. The Labute approximate surface area is 133 Å². The second kappa shape index (κ2) is 8.79. The Morgan fingerprint density at radius 3 is 2.43 bits per heavy atom. The topological polar surface area (TPSA) is 78.4 Å². The van der Waals surface area contributed by atoms with E-state index < -0.39 is 18.0 Å². The van der Waals surface area contributed by atoms with E-state index in [0.717, 1.165) is 5.56 Å². The Balaban J connectivity index is 2.54. The molecule has 116 valence electrons. The Hall–Kier alpha value is -1.40. The summed E-state index contributed by atoms with van der Waals surface area (Å²) in [7, 11) is 0. The van der Waals surface area contributed by atoms with Crippen molar-refractivity contribution in [3.8, 4) is 0 Å². The van der Waals surface area contributed by atoms with E-state index in [1.807, 2.05) is 25.3 Å². The van der Waals surface area contributed by atoms with Crippen LogP contribution in [0.15, 0.2) is 24.3 Å². The molecule has 0 radical (unpaired) electrons. The van der Waals surface area contributed by atoms with Gasteiger partial charge in [0.25, 0.3) is 0 Å². The normalized spacial score (nSPS) is 13.3. The average Bonchev–Trinajstić information content (AvgIpc) is 2.43. The maximum Gasteiger partial charge on any atom is 0.326 e. The smallest absolute Gasteiger partial charge is 0.326 e. The number of thioether (sulfide) groups is 1. The lowest BCUT2D eigenvalue weighted by Crippen LogP contribution is -2.46. The minimum Gasteiger partial charge on any atom is -0.480 e.